The van der Waals surface area contributed by atoms with E-state index < -0.39 is 0 Å². The summed E-state index contributed by atoms with van der Waals surface area (Å²) in [6.45, 7) is 1.91. The van der Waals surface area contributed by atoms with Gasteiger partial charge in [-0.1, -0.05) is 29.4 Å². The minimum Gasteiger partial charge on any atom is -0.507 e. The lowest BCUT2D eigenvalue weighted by Gasteiger charge is -2.06. The van der Waals surface area contributed by atoms with Crippen LogP contribution in [0.2, 0.25) is 0 Å². The van der Waals surface area contributed by atoms with Crippen molar-refractivity contribution in [3.05, 3.63) is 53.9 Å². The van der Waals surface area contributed by atoms with Crippen molar-refractivity contribution in [3.63, 3.8) is 0 Å². The highest BCUT2D eigenvalue weighted by Crippen LogP contribution is 2.34. The number of hydrogen-bond acceptors (Lipinski definition) is 4. The first-order valence-corrected chi connectivity index (χ1v) is 6.98. The summed E-state index contributed by atoms with van der Waals surface area (Å²) in [5.41, 5.74) is 0.895. The van der Waals surface area contributed by atoms with Crippen LogP contribution >= 0.6 is 11.8 Å². The summed E-state index contributed by atoms with van der Waals surface area (Å²) in [6, 6.07) is 13.5. The Hall–Kier alpha value is -1.94. The largest absolute Gasteiger partial charge is 0.507 e. The lowest BCUT2D eigenvalue weighted by Crippen LogP contribution is -1.81. The summed E-state index contributed by atoms with van der Waals surface area (Å²) < 4.78 is 5.20. The standard InChI is InChI=1S/C15H13NO2S/c1-10-8-11(18-16-10)9-19-15-7-6-14(17)12-4-2-3-5-13(12)15/h2-8,17H,9H2,1H3. The molecule has 96 valence electrons. The molecule has 0 radical (unpaired) electrons. The van der Waals surface area contributed by atoms with Crippen LogP contribution in [0.1, 0.15) is 11.5 Å². The number of benzene rings is 2. The van der Waals surface area contributed by atoms with Gasteiger partial charge in [0.15, 0.2) is 0 Å². The van der Waals surface area contributed by atoms with Crippen molar-refractivity contribution in [2.75, 3.05) is 0 Å². The Kier molecular flexibility index (Phi) is 3.17. The Morgan fingerprint density at radius 2 is 1.95 bits per heavy atom. The highest BCUT2D eigenvalue weighted by molar-refractivity contribution is 7.98. The molecule has 19 heavy (non-hydrogen) atoms. The second kappa shape index (κ2) is 4.97. The van der Waals surface area contributed by atoms with E-state index >= 15 is 0 Å². The fourth-order valence-electron chi connectivity index (χ4n) is 2.01. The van der Waals surface area contributed by atoms with E-state index in [1.807, 2.05) is 43.3 Å². The fraction of sp³-hybridized carbons (Fsp3) is 0.133. The van der Waals surface area contributed by atoms with Gasteiger partial charge in [0.05, 0.1) is 11.4 Å². The Bertz CT molecular complexity index is 721. The summed E-state index contributed by atoms with van der Waals surface area (Å²) in [4.78, 5) is 1.13. The van der Waals surface area contributed by atoms with Crippen LogP contribution in [-0.2, 0) is 5.75 Å². The zero-order valence-electron chi connectivity index (χ0n) is 10.5. The van der Waals surface area contributed by atoms with Crippen molar-refractivity contribution in [2.24, 2.45) is 0 Å². The quantitative estimate of drug-likeness (QED) is 0.727. The third-order valence-corrected chi connectivity index (χ3v) is 4.00. The molecule has 1 heterocycles. The minimum atomic E-state index is 0.315. The summed E-state index contributed by atoms with van der Waals surface area (Å²) in [7, 11) is 0. The van der Waals surface area contributed by atoms with Gasteiger partial charge in [0.1, 0.15) is 11.5 Å². The van der Waals surface area contributed by atoms with Gasteiger partial charge in [-0.3, -0.25) is 0 Å². The van der Waals surface area contributed by atoms with Crippen LogP contribution in [0, 0.1) is 6.92 Å². The van der Waals surface area contributed by atoms with Crippen molar-refractivity contribution < 1.29 is 9.63 Å². The Morgan fingerprint density at radius 1 is 1.16 bits per heavy atom. The maximum atomic E-state index is 9.85. The van der Waals surface area contributed by atoms with E-state index in [1.54, 1.807) is 17.8 Å². The second-order valence-electron chi connectivity index (χ2n) is 4.35. The molecule has 0 spiro atoms. The number of phenols is 1. The molecular formula is C15H13NO2S. The fourth-order valence-corrected chi connectivity index (χ4v) is 2.95. The zero-order valence-corrected chi connectivity index (χ0v) is 11.3. The number of rotatable bonds is 3. The second-order valence-corrected chi connectivity index (χ2v) is 5.37. The molecule has 1 aromatic heterocycles. The average Bonchev–Trinajstić information content (AvgIpc) is 2.84. The Morgan fingerprint density at radius 3 is 2.68 bits per heavy atom. The van der Waals surface area contributed by atoms with Crippen LogP contribution in [0.25, 0.3) is 10.8 Å². The zero-order chi connectivity index (χ0) is 13.2. The molecule has 0 aliphatic rings. The van der Waals surface area contributed by atoms with Gasteiger partial charge in [-0.2, -0.15) is 0 Å². The lowest BCUT2D eigenvalue weighted by molar-refractivity contribution is 0.391. The molecule has 0 amide bonds. The van der Waals surface area contributed by atoms with Gasteiger partial charge >= 0.3 is 0 Å². The molecule has 3 rings (SSSR count). The van der Waals surface area contributed by atoms with E-state index in [2.05, 4.69) is 5.16 Å². The molecule has 1 N–H and O–H groups in total. The third-order valence-electron chi connectivity index (χ3n) is 2.91. The van der Waals surface area contributed by atoms with Gasteiger partial charge < -0.3 is 9.63 Å². The monoisotopic (exact) mass is 271 g/mol. The molecule has 0 bridgehead atoms. The van der Waals surface area contributed by atoms with E-state index in [0.29, 0.717) is 5.75 Å². The number of aromatic nitrogens is 1. The van der Waals surface area contributed by atoms with Crippen molar-refractivity contribution in [2.45, 2.75) is 17.6 Å². The number of phenolic OH excluding ortho intramolecular Hbond substituents is 1. The Balaban J connectivity index is 1.91. The Labute approximate surface area is 115 Å². The first kappa shape index (κ1) is 12.1. The molecule has 0 atom stereocenters. The highest BCUT2D eigenvalue weighted by Gasteiger charge is 2.07. The average molecular weight is 271 g/mol. The van der Waals surface area contributed by atoms with Gasteiger partial charge in [0, 0.05) is 16.3 Å². The smallest absolute Gasteiger partial charge is 0.147 e. The predicted molar refractivity (Wildman–Crippen MR) is 76.4 cm³/mol. The van der Waals surface area contributed by atoms with Crippen LogP contribution in [0.15, 0.2) is 51.9 Å². The van der Waals surface area contributed by atoms with Crippen molar-refractivity contribution in [3.8, 4) is 5.75 Å². The van der Waals surface area contributed by atoms with E-state index in [0.717, 1.165) is 32.9 Å². The van der Waals surface area contributed by atoms with Crippen molar-refractivity contribution >= 4 is 22.5 Å². The molecule has 2 aromatic carbocycles. The number of aromatic hydroxyl groups is 1. The van der Waals surface area contributed by atoms with Crippen LogP contribution in [0.5, 0.6) is 5.75 Å². The molecule has 0 fully saturated rings. The van der Waals surface area contributed by atoms with Gasteiger partial charge in [0.25, 0.3) is 0 Å². The third kappa shape index (κ3) is 2.44. The highest BCUT2D eigenvalue weighted by atomic mass is 32.2. The number of hydrogen-bond donors (Lipinski definition) is 1. The maximum absolute atomic E-state index is 9.85. The molecule has 0 aliphatic heterocycles. The van der Waals surface area contributed by atoms with Gasteiger partial charge in [-0.25, -0.2) is 0 Å². The summed E-state index contributed by atoms with van der Waals surface area (Å²) in [6.07, 6.45) is 0. The molecular weight excluding hydrogens is 258 g/mol. The summed E-state index contributed by atoms with van der Waals surface area (Å²) in [5.74, 6) is 1.91. The normalized spacial score (nSPS) is 11.0. The number of thioether (sulfide) groups is 1. The summed E-state index contributed by atoms with van der Waals surface area (Å²) in [5, 5.41) is 15.7. The van der Waals surface area contributed by atoms with Crippen LogP contribution in [0.3, 0.4) is 0 Å². The van der Waals surface area contributed by atoms with Gasteiger partial charge in [0.2, 0.25) is 0 Å². The molecule has 4 heteroatoms. The molecule has 3 nitrogen and oxygen atoms in total. The van der Waals surface area contributed by atoms with E-state index in [-0.39, 0.29) is 0 Å². The van der Waals surface area contributed by atoms with E-state index in [9.17, 15) is 5.11 Å². The SMILES string of the molecule is Cc1cc(CSc2ccc(O)c3ccccc23)on1. The van der Waals surface area contributed by atoms with E-state index in [4.69, 9.17) is 4.52 Å². The summed E-state index contributed by atoms with van der Waals surface area (Å²) >= 11 is 1.68. The van der Waals surface area contributed by atoms with Crippen LogP contribution in [0.4, 0.5) is 0 Å². The minimum absolute atomic E-state index is 0.315. The molecule has 0 aliphatic carbocycles. The van der Waals surface area contributed by atoms with Crippen molar-refractivity contribution in [1.82, 2.24) is 5.16 Å². The maximum Gasteiger partial charge on any atom is 0.147 e. The van der Waals surface area contributed by atoms with Crippen LogP contribution in [-0.4, -0.2) is 10.3 Å². The van der Waals surface area contributed by atoms with Crippen molar-refractivity contribution in [1.29, 1.82) is 0 Å². The first-order chi connectivity index (χ1) is 9.24. The van der Waals surface area contributed by atoms with E-state index in [1.165, 1.54) is 0 Å². The number of nitrogens with zero attached hydrogens (tertiary/aromatic N) is 1. The van der Waals surface area contributed by atoms with Gasteiger partial charge in [-0.15, -0.1) is 11.8 Å². The molecule has 3 aromatic rings. The molecule has 0 unspecified atom stereocenters. The predicted octanol–water partition coefficient (Wildman–Crippen LogP) is 4.13. The molecule has 0 saturated carbocycles. The lowest BCUT2D eigenvalue weighted by atomic mass is 10.1. The number of fused-ring (bicyclic) bond motifs is 1. The number of aryl methyl sites for hydroxylation is 1. The topological polar surface area (TPSA) is 46.3 Å². The van der Waals surface area contributed by atoms with Crippen LogP contribution < -0.4 is 0 Å². The first-order valence-electron chi connectivity index (χ1n) is 6.00. The molecule has 0 saturated heterocycles. The van der Waals surface area contributed by atoms with Gasteiger partial charge in [-0.05, 0) is 24.4 Å².